The highest BCUT2D eigenvalue weighted by Crippen LogP contribution is 2.31. The van der Waals surface area contributed by atoms with Crippen LogP contribution in [0.25, 0.3) is 21.0 Å². The number of ether oxygens (including phenoxy) is 1. The van der Waals surface area contributed by atoms with Crippen molar-refractivity contribution < 1.29 is 4.74 Å². The van der Waals surface area contributed by atoms with Gasteiger partial charge in [-0.1, -0.05) is 6.07 Å². The first-order chi connectivity index (χ1) is 16.2. The van der Waals surface area contributed by atoms with Gasteiger partial charge in [0, 0.05) is 60.6 Å². The molecule has 0 amide bonds. The summed E-state index contributed by atoms with van der Waals surface area (Å²) in [5.41, 5.74) is 2.36. The van der Waals surface area contributed by atoms with E-state index in [2.05, 4.69) is 39.4 Å². The molecule has 0 N–H and O–H groups in total. The molecular formula is C27H31N3O2S. The standard InChI is InChI=1S/C27H31N3O2S/c1-2-30-25-20-22(10-8-21(25)9-11-27(30)31)32-18-4-3-13-28-14-16-29(17-15-28)24-6-5-7-26-23(24)12-19-33-26/h5-12,19-20H,2-4,13-18H2,1H3. The molecule has 0 aliphatic carbocycles. The van der Waals surface area contributed by atoms with Crippen molar-refractivity contribution in [2.24, 2.45) is 0 Å². The maximum absolute atomic E-state index is 12.1. The van der Waals surface area contributed by atoms with E-state index < -0.39 is 0 Å². The van der Waals surface area contributed by atoms with E-state index >= 15 is 0 Å². The maximum Gasteiger partial charge on any atom is 0.251 e. The second-order valence-electron chi connectivity index (χ2n) is 8.63. The molecule has 1 fully saturated rings. The largest absolute Gasteiger partial charge is 0.494 e. The smallest absolute Gasteiger partial charge is 0.251 e. The number of hydrogen-bond donors (Lipinski definition) is 0. The van der Waals surface area contributed by atoms with E-state index in [4.69, 9.17) is 4.74 Å². The van der Waals surface area contributed by atoms with E-state index in [1.165, 1.54) is 15.8 Å². The van der Waals surface area contributed by atoms with Gasteiger partial charge in [-0.25, -0.2) is 0 Å². The molecule has 3 heterocycles. The number of unbranched alkanes of at least 4 members (excludes halogenated alkanes) is 1. The highest BCUT2D eigenvalue weighted by Gasteiger charge is 2.18. The molecule has 0 radical (unpaired) electrons. The van der Waals surface area contributed by atoms with Gasteiger partial charge in [0.2, 0.25) is 0 Å². The van der Waals surface area contributed by atoms with E-state index in [-0.39, 0.29) is 5.56 Å². The van der Waals surface area contributed by atoms with Crippen molar-refractivity contribution >= 4 is 38.0 Å². The van der Waals surface area contributed by atoms with E-state index in [1.54, 1.807) is 10.6 Å². The summed E-state index contributed by atoms with van der Waals surface area (Å²) in [5.74, 6) is 0.839. The molecule has 1 saturated heterocycles. The molecule has 0 bridgehead atoms. The number of thiophene rings is 1. The number of pyridine rings is 1. The normalized spacial score (nSPS) is 14.9. The molecule has 172 valence electrons. The molecule has 0 unspecified atom stereocenters. The summed E-state index contributed by atoms with van der Waals surface area (Å²) in [6, 6.07) is 18.4. The molecule has 5 rings (SSSR count). The van der Waals surface area contributed by atoms with Crippen molar-refractivity contribution in [2.45, 2.75) is 26.3 Å². The summed E-state index contributed by atoms with van der Waals surface area (Å²) in [5, 5.41) is 4.64. The monoisotopic (exact) mass is 461 g/mol. The Labute approximate surface area is 198 Å². The molecule has 6 heteroatoms. The topological polar surface area (TPSA) is 37.7 Å². The van der Waals surface area contributed by atoms with Crippen LogP contribution in [0.5, 0.6) is 5.75 Å². The minimum absolute atomic E-state index is 0.0363. The molecule has 5 nitrogen and oxygen atoms in total. The Morgan fingerprint density at radius 2 is 1.82 bits per heavy atom. The van der Waals surface area contributed by atoms with E-state index in [1.807, 2.05) is 42.5 Å². The molecule has 0 atom stereocenters. The summed E-state index contributed by atoms with van der Waals surface area (Å²) in [7, 11) is 0. The first-order valence-electron chi connectivity index (χ1n) is 11.9. The van der Waals surface area contributed by atoms with Gasteiger partial charge in [-0.3, -0.25) is 9.69 Å². The third-order valence-electron chi connectivity index (χ3n) is 6.60. The zero-order chi connectivity index (χ0) is 22.6. The van der Waals surface area contributed by atoms with Crippen LogP contribution in [0.2, 0.25) is 0 Å². The van der Waals surface area contributed by atoms with Gasteiger partial charge in [-0.05, 0) is 73.5 Å². The number of anilines is 1. The Bertz CT molecular complexity index is 1290. The Hall–Kier alpha value is -2.83. The van der Waals surface area contributed by atoms with Crippen molar-refractivity contribution in [1.82, 2.24) is 9.47 Å². The highest BCUT2D eigenvalue weighted by molar-refractivity contribution is 7.17. The van der Waals surface area contributed by atoms with Gasteiger partial charge >= 0.3 is 0 Å². The molecule has 0 spiro atoms. The summed E-state index contributed by atoms with van der Waals surface area (Å²) in [4.78, 5) is 17.2. The number of hydrogen-bond acceptors (Lipinski definition) is 5. The van der Waals surface area contributed by atoms with E-state index in [0.717, 1.165) is 62.2 Å². The van der Waals surface area contributed by atoms with Crippen molar-refractivity contribution in [3.63, 3.8) is 0 Å². The van der Waals surface area contributed by atoms with E-state index in [9.17, 15) is 4.79 Å². The van der Waals surface area contributed by atoms with Crippen LogP contribution in [0.4, 0.5) is 5.69 Å². The lowest BCUT2D eigenvalue weighted by Crippen LogP contribution is -2.46. The Morgan fingerprint density at radius 3 is 2.67 bits per heavy atom. The summed E-state index contributed by atoms with van der Waals surface area (Å²) >= 11 is 1.82. The van der Waals surface area contributed by atoms with Crippen molar-refractivity contribution in [3.8, 4) is 5.75 Å². The van der Waals surface area contributed by atoms with Crippen LogP contribution in [-0.2, 0) is 6.54 Å². The minimum Gasteiger partial charge on any atom is -0.494 e. The number of piperazine rings is 1. The summed E-state index contributed by atoms with van der Waals surface area (Å²) < 4.78 is 9.18. The maximum atomic E-state index is 12.1. The second-order valence-corrected chi connectivity index (χ2v) is 9.58. The lowest BCUT2D eigenvalue weighted by atomic mass is 10.2. The van der Waals surface area contributed by atoms with Gasteiger partial charge in [-0.2, -0.15) is 0 Å². The fraction of sp³-hybridized carbons (Fsp3) is 0.370. The van der Waals surface area contributed by atoms with E-state index in [0.29, 0.717) is 13.2 Å². The van der Waals surface area contributed by atoms with Crippen LogP contribution in [0.3, 0.4) is 0 Å². The van der Waals surface area contributed by atoms with Gasteiger partial charge < -0.3 is 14.2 Å². The number of fused-ring (bicyclic) bond motifs is 2. The van der Waals surface area contributed by atoms with Crippen LogP contribution < -0.4 is 15.2 Å². The van der Waals surface area contributed by atoms with Crippen LogP contribution in [0.1, 0.15) is 19.8 Å². The van der Waals surface area contributed by atoms with Gasteiger partial charge in [0.15, 0.2) is 0 Å². The first-order valence-corrected chi connectivity index (χ1v) is 12.8. The summed E-state index contributed by atoms with van der Waals surface area (Å²) in [6.07, 6.45) is 2.16. The van der Waals surface area contributed by atoms with Crippen LogP contribution in [0, 0.1) is 0 Å². The van der Waals surface area contributed by atoms with Crippen molar-refractivity contribution in [2.75, 3.05) is 44.2 Å². The molecule has 1 aliphatic heterocycles. The van der Waals surface area contributed by atoms with Crippen LogP contribution >= 0.6 is 11.3 Å². The minimum atomic E-state index is 0.0363. The third kappa shape index (κ3) is 4.77. The number of nitrogens with zero attached hydrogens (tertiary/aromatic N) is 3. The first kappa shape index (κ1) is 22.0. The fourth-order valence-corrected chi connectivity index (χ4v) is 5.59. The fourth-order valence-electron chi connectivity index (χ4n) is 4.78. The van der Waals surface area contributed by atoms with Gasteiger partial charge in [0.25, 0.3) is 5.56 Å². The Morgan fingerprint density at radius 1 is 0.970 bits per heavy atom. The van der Waals surface area contributed by atoms with Crippen molar-refractivity contribution in [3.05, 3.63) is 70.3 Å². The Kier molecular flexibility index (Phi) is 6.65. The predicted molar refractivity (Wildman–Crippen MR) is 139 cm³/mol. The molecular weight excluding hydrogens is 430 g/mol. The SMILES string of the molecule is CCn1c(=O)ccc2ccc(OCCCCN3CCN(c4cccc5sccc45)CC3)cc21. The third-order valence-corrected chi connectivity index (χ3v) is 7.49. The van der Waals surface area contributed by atoms with Crippen LogP contribution in [-0.4, -0.2) is 48.8 Å². The number of aryl methyl sites for hydroxylation is 1. The summed E-state index contributed by atoms with van der Waals surface area (Å²) in [6.45, 7) is 8.87. The van der Waals surface area contributed by atoms with Gasteiger partial charge in [0.1, 0.15) is 5.75 Å². The van der Waals surface area contributed by atoms with Gasteiger partial charge in [0.05, 0.1) is 12.1 Å². The lowest BCUT2D eigenvalue weighted by molar-refractivity contribution is 0.239. The molecule has 4 aromatic rings. The number of rotatable bonds is 8. The average molecular weight is 462 g/mol. The van der Waals surface area contributed by atoms with Crippen molar-refractivity contribution in [1.29, 1.82) is 0 Å². The number of aromatic nitrogens is 1. The lowest BCUT2D eigenvalue weighted by Gasteiger charge is -2.36. The quantitative estimate of drug-likeness (QED) is 0.337. The van der Waals surface area contributed by atoms with Crippen LogP contribution in [0.15, 0.2) is 64.8 Å². The number of benzene rings is 2. The molecule has 2 aromatic heterocycles. The molecule has 0 saturated carbocycles. The zero-order valence-corrected chi connectivity index (χ0v) is 20.0. The molecule has 2 aromatic carbocycles. The Balaban J connectivity index is 1.07. The second kappa shape index (κ2) is 9.98. The predicted octanol–water partition coefficient (Wildman–Crippen LogP) is 5.22. The highest BCUT2D eigenvalue weighted by atomic mass is 32.1. The molecule has 1 aliphatic rings. The molecule has 33 heavy (non-hydrogen) atoms. The average Bonchev–Trinajstić information content (AvgIpc) is 3.33. The zero-order valence-electron chi connectivity index (χ0n) is 19.2. The van der Waals surface area contributed by atoms with Gasteiger partial charge in [-0.15, -0.1) is 11.3 Å².